The number of sulfonamides is 1. The number of hydrogen-bond acceptors (Lipinski definition) is 3. The van der Waals surface area contributed by atoms with E-state index in [0.29, 0.717) is 30.3 Å². The van der Waals surface area contributed by atoms with E-state index in [-0.39, 0.29) is 0 Å². The molecule has 0 bridgehead atoms. The SMILES string of the molecule is CCc1ccc(CN)cc1S(=O)(=O)NCCC1CCCC1. The van der Waals surface area contributed by atoms with Crippen LogP contribution in [0.5, 0.6) is 0 Å². The molecule has 118 valence electrons. The van der Waals surface area contributed by atoms with Gasteiger partial charge in [0, 0.05) is 13.1 Å². The largest absolute Gasteiger partial charge is 0.326 e. The molecule has 0 heterocycles. The van der Waals surface area contributed by atoms with E-state index in [1.54, 1.807) is 6.07 Å². The maximum absolute atomic E-state index is 12.5. The van der Waals surface area contributed by atoms with Gasteiger partial charge in [-0.05, 0) is 36.0 Å². The van der Waals surface area contributed by atoms with Gasteiger partial charge in [0.1, 0.15) is 0 Å². The zero-order valence-corrected chi connectivity index (χ0v) is 13.6. The first-order chi connectivity index (χ1) is 10.1. The first-order valence-electron chi connectivity index (χ1n) is 7.88. The summed E-state index contributed by atoms with van der Waals surface area (Å²) in [6, 6.07) is 5.47. The normalized spacial score (nSPS) is 16.5. The van der Waals surface area contributed by atoms with Crippen LogP contribution in [-0.2, 0) is 23.0 Å². The molecule has 1 aliphatic rings. The summed E-state index contributed by atoms with van der Waals surface area (Å²) in [6.45, 7) is 2.85. The molecule has 0 radical (unpaired) electrons. The molecule has 5 heteroatoms. The molecule has 0 aromatic heterocycles. The van der Waals surface area contributed by atoms with E-state index in [4.69, 9.17) is 5.73 Å². The summed E-state index contributed by atoms with van der Waals surface area (Å²) in [5, 5.41) is 0. The molecule has 1 aliphatic carbocycles. The highest BCUT2D eigenvalue weighted by molar-refractivity contribution is 7.89. The van der Waals surface area contributed by atoms with Crippen molar-refractivity contribution < 1.29 is 8.42 Å². The average molecular weight is 310 g/mol. The summed E-state index contributed by atoms with van der Waals surface area (Å²) in [7, 11) is -3.43. The Kier molecular flexibility index (Phi) is 5.79. The van der Waals surface area contributed by atoms with Crippen LogP contribution in [0, 0.1) is 5.92 Å². The van der Waals surface area contributed by atoms with Crippen LogP contribution in [0.25, 0.3) is 0 Å². The van der Waals surface area contributed by atoms with Crippen LogP contribution < -0.4 is 10.5 Å². The van der Waals surface area contributed by atoms with Crippen LogP contribution in [0.4, 0.5) is 0 Å². The smallest absolute Gasteiger partial charge is 0.240 e. The first kappa shape index (κ1) is 16.5. The van der Waals surface area contributed by atoms with Crippen molar-refractivity contribution in [3.63, 3.8) is 0 Å². The number of rotatable bonds is 7. The minimum atomic E-state index is -3.43. The Balaban J connectivity index is 2.06. The van der Waals surface area contributed by atoms with Crippen LogP contribution >= 0.6 is 0 Å². The predicted octanol–water partition coefficient (Wildman–Crippen LogP) is 2.57. The number of nitrogens with one attached hydrogen (secondary N) is 1. The van der Waals surface area contributed by atoms with E-state index in [0.717, 1.165) is 17.5 Å². The second kappa shape index (κ2) is 7.38. The molecule has 4 nitrogen and oxygen atoms in total. The molecule has 3 N–H and O–H groups in total. The lowest BCUT2D eigenvalue weighted by atomic mass is 10.1. The third-order valence-corrected chi connectivity index (χ3v) is 5.90. The highest BCUT2D eigenvalue weighted by atomic mass is 32.2. The van der Waals surface area contributed by atoms with E-state index < -0.39 is 10.0 Å². The summed E-state index contributed by atoms with van der Waals surface area (Å²) in [6.07, 6.45) is 6.70. The molecule has 1 aromatic carbocycles. The molecule has 1 aromatic rings. The molecule has 0 amide bonds. The van der Waals surface area contributed by atoms with Gasteiger partial charge in [0.15, 0.2) is 0 Å². The van der Waals surface area contributed by atoms with Crippen molar-refractivity contribution in [2.24, 2.45) is 11.7 Å². The van der Waals surface area contributed by atoms with E-state index in [1.807, 2.05) is 19.1 Å². The van der Waals surface area contributed by atoms with Crippen LogP contribution in [0.1, 0.15) is 50.2 Å². The zero-order valence-electron chi connectivity index (χ0n) is 12.8. The average Bonchev–Trinajstić information content (AvgIpc) is 2.99. The summed E-state index contributed by atoms with van der Waals surface area (Å²) < 4.78 is 27.8. The standard InChI is InChI=1S/C16H26N2O2S/c1-2-15-8-7-14(12-17)11-16(15)21(19,20)18-10-9-13-5-3-4-6-13/h7-8,11,13,18H,2-6,9-10,12,17H2,1H3. The molecule has 0 unspecified atom stereocenters. The van der Waals surface area contributed by atoms with E-state index in [9.17, 15) is 8.42 Å². The number of nitrogens with two attached hydrogens (primary N) is 1. The number of hydrogen-bond donors (Lipinski definition) is 2. The van der Waals surface area contributed by atoms with E-state index >= 15 is 0 Å². The molecular weight excluding hydrogens is 284 g/mol. The fourth-order valence-electron chi connectivity index (χ4n) is 3.04. The van der Waals surface area contributed by atoms with Gasteiger partial charge in [-0.3, -0.25) is 0 Å². The van der Waals surface area contributed by atoms with Crippen molar-refractivity contribution in [2.75, 3.05) is 6.54 Å². The summed E-state index contributed by atoms with van der Waals surface area (Å²) in [5.41, 5.74) is 7.32. The number of benzene rings is 1. The topological polar surface area (TPSA) is 72.2 Å². The summed E-state index contributed by atoms with van der Waals surface area (Å²) >= 11 is 0. The highest BCUT2D eigenvalue weighted by Gasteiger charge is 2.20. The molecular formula is C16H26N2O2S. The fourth-order valence-corrected chi connectivity index (χ4v) is 4.45. The Bertz CT molecular complexity index is 564. The molecule has 0 aliphatic heterocycles. The van der Waals surface area contributed by atoms with Crippen molar-refractivity contribution >= 4 is 10.0 Å². The van der Waals surface area contributed by atoms with Crippen molar-refractivity contribution in [1.82, 2.24) is 4.72 Å². The first-order valence-corrected chi connectivity index (χ1v) is 9.36. The van der Waals surface area contributed by atoms with E-state index in [2.05, 4.69) is 4.72 Å². The molecule has 0 spiro atoms. The predicted molar refractivity (Wildman–Crippen MR) is 85.5 cm³/mol. The van der Waals surface area contributed by atoms with Gasteiger partial charge in [0.05, 0.1) is 4.90 Å². The Labute approximate surface area is 128 Å². The minimum absolute atomic E-state index is 0.356. The molecule has 1 fully saturated rings. The molecule has 1 saturated carbocycles. The fraction of sp³-hybridized carbons (Fsp3) is 0.625. The van der Waals surface area contributed by atoms with Crippen LogP contribution in [-0.4, -0.2) is 15.0 Å². The third kappa shape index (κ3) is 4.28. The Morgan fingerprint density at radius 1 is 1.29 bits per heavy atom. The maximum atomic E-state index is 12.5. The molecule has 0 atom stereocenters. The van der Waals surface area contributed by atoms with Gasteiger partial charge in [-0.15, -0.1) is 0 Å². The van der Waals surface area contributed by atoms with Crippen molar-refractivity contribution in [1.29, 1.82) is 0 Å². The lowest BCUT2D eigenvalue weighted by molar-refractivity contribution is 0.495. The van der Waals surface area contributed by atoms with Crippen LogP contribution in [0.3, 0.4) is 0 Å². The Morgan fingerprint density at radius 2 is 2.00 bits per heavy atom. The third-order valence-electron chi connectivity index (χ3n) is 4.36. The molecule has 2 rings (SSSR count). The van der Waals surface area contributed by atoms with Gasteiger partial charge >= 0.3 is 0 Å². The monoisotopic (exact) mass is 310 g/mol. The zero-order chi connectivity index (χ0) is 15.3. The lowest BCUT2D eigenvalue weighted by Crippen LogP contribution is -2.27. The molecule has 0 saturated heterocycles. The Morgan fingerprint density at radius 3 is 2.62 bits per heavy atom. The van der Waals surface area contributed by atoms with Crippen molar-refractivity contribution in [3.05, 3.63) is 29.3 Å². The second-order valence-corrected chi connectivity index (χ2v) is 7.57. The van der Waals surface area contributed by atoms with Gasteiger partial charge in [0.2, 0.25) is 10.0 Å². The highest BCUT2D eigenvalue weighted by Crippen LogP contribution is 2.27. The van der Waals surface area contributed by atoms with Gasteiger partial charge < -0.3 is 5.73 Å². The number of aryl methyl sites for hydroxylation is 1. The van der Waals surface area contributed by atoms with E-state index in [1.165, 1.54) is 25.7 Å². The van der Waals surface area contributed by atoms with Crippen molar-refractivity contribution in [3.8, 4) is 0 Å². The van der Waals surface area contributed by atoms with Gasteiger partial charge in [0.25, 0.3) is 0 Å². The van der Waals surface area contributed by atoms with Gasteiger partial charge in [-0.25, -0.2) is 13.1 Å². The van der Waals surface area contributed by atoms with Crippen LogP contribution in [0.2, 0.25) is 0 Å². The van der Waals surface area contributed by atoms with Gasteiger partial charge in [-0.2, -0.15) is 0 Å². The minimum Gasteiger partial charge on any atom is -0.326 e. The summed E-state index contributed by atoms with van der Waals surface area (Å²) in [5.74, 6) is 0.689. The van der Waals surface area contributed by atoms with Gasteiger partial charge in [-0.1, -0.05) is 44.7 Å². The summed E-state index contributed by atoms with van der Waals surface area (Å²) in [4.78, 5) is 0.388. The van der Waals surface area contributed by atoms with Crippen molar-refractivity contribution in [2.45, 2.75) is 56.9 Å². The van der Waals surface area contributed by atoms with Crippen LogP contribution in [0.15, 0.2) is 23.1 Å². The lowest BCUT2D eigenvalue weighted by Gasteiger charge is -2.13. The molecule has 21 heavy (non-hydrogen) atoms. The maximum Gasteiger partial charge on any atom is 0.240 e. The quantitative estimate of drug-likeness (QED) is 0.813. The second-order valence-electron chi connectivity index (χ2n) is 5.84. The Hall–Kier alpha value is -0.910.